The molecule has 3 rings (SSSR count). The predicted octanol–water partition coefficient (Wildman–Crippen LogP) is 3.78. The maximum absolute atomic E-state index is 14.2. The topological polar surface area (TPSA) is 55.3 Å². The van der Waals surface area contributed by atoms with Crippen LogP contribution in [0.2, 0.25) is 0 Å². The van der Waals surface area contributed by atoms with Crippen molar-refractivity contribution in [2.45, 2.75) is 29.8 Å². The van der Waals surface area contributed by atoms with Crippen LogP contribution in [0.3, 0.4) is 0 Å². The number of ether oxygens (including phenoxy) is 1. The fourth-order valence-electron chi connectivity index (χ4n) is 2.68. The molecule has 0 saturated heterocycles. The van der Waals surface area contributed by atoms with Gasteiger partial charge in [0.25, 0.3) is 22.2 Å². The zero-order valence-corrected chi connectivity index (χ0v) is 15.5. The van der Waals surface area contributed by atoms with Gasteiger partial charge in [0.15, 0.2) is 6.61 Å². The molecule has 1 fully saturated rings. The first-order chi connectivity index (χ1) is 12.1. The highest BCUT2D eigenvalue weighted by Crippen LogP contribution is 2.65. The monoisotopic (exact) mass is 405 g/mol. The van der Waals surface area contributed by atoms with Crippen molar-refractivity contribution in [3.8, 4) is 5.19 Å². The molecule has 1 amide bonds. The molecule has 0 spiro atoms. The van der Waals surface area contributed by atoms with Crippen LogP contribution in [0.4, 0.5) is 18.9 Å². The fourth-order valence-corrected chi connectivity index (χ4v) is 3.84. The number of carbonyl (C=O) groups is 1. The van der Waals surface area contributed by atoms with Crippen molar-refractivity contribution in [2.24, 2.45) is 0 Å². The molecule has 2 aromatic rings. The molecule has 1 aromatic heterocycles. The molecule has 1 aromatic carbocycles. The van der Waals surface area contributed by atoms with Gasteiger partial charge < -0.3 is 9.64 Å². The molecule has 2 unspecified atom stereocenters. The van der Waals surface area contributed by atoms with E-state index in [0.717, 1.165) is 11.3 Å². The number of anilines is 1. The first-order valence-corrected chi connectivity index (χ1v) is 8.82. The van der Waals surface area contributed by atoms with Crippen LogP contribution >= 0.6 is 22.9 Å². The van der Waals surface area contributed by atoms with E-state index >= 15 is 0 Å². The number of rotatable bonds is 5. The van der Waals surface area contributed by atoms with E-state index in [1.165, 1.54) is 11.8 Å². The summed E-state index contributed by atoms with van der Waals surface area (Å²) in [5, 5.41) is 4.15. The summed E-state index contributed by atoms with van der Waals surface area (Å²) in [4.78, 5) is 13.6. The molecular weight excluding hydrogens is 391 g/mol. The molecular formula is C16H15ClF3N3O2S. The third-order valence-corrected chi connectivity index (χ3v) is 6.24. The maximum atomic E-state index is 14.2. The quantitative estimate of drug-likeness (QED) is 0.710. The van der Waals surface area contributed by atoms with Gasteiger partial charge in [-0.15, -0.1) is 10.2 Å². The smallest absolute Gasteiger partial charge is 0.297 e. The Balaban J connectivity index is 1.64. The lowest BCUT2D eigenvalue weighted by molar-refractivity contribution is -0.217. The summed E-state index contributed by atoms with van der Waals surface area (Å²) < 4.78 is 46.2. The van der Waals surface area contributed by atoms with E-state index in [0.29, 0.717) is 5.69 Å². The molecule has 1 heterocycles. The van der Waals surface area contributed by atoms with Gasteiger partial charge in [0.05, 0.1) is 5.41 Å². The Bertz CT molecular complexity index is 818. The first kappa shape index (κ1) is 18.9. The molecule has 1 aliphatic rings. The number of amides is 1. The minimum atomic E-state index is -3.63. The summed E-state index contributed by atoms with van der Waals surface area (Å²) in [6.45, 7) is 0.935. The number of hydrogen-bond acceptors (Lipinski definition) is 5. The Hall–Kier alpha value is -1.87. The highest BCUT2D eigenvalue weighted by atomic mass is 35.5. The summed E-state index contributed by atoms with van der Waals surface area (Å²) in [7, 11) is 1.59. The van der Waals surface area contributed by atoms with E-state index in [2.05, 4.69) is 10.2 Å². The Morgan fingerprint density at radius 2 is 1.96 bits per heavy atom. The van der Waals surface area contributed by atoms with Crippen molar-refractivity contribution in [3.63, 3.8) is 0 Å². The van der Waals surface area contributed by atoms with E-state index in [9.17, 15) is 18.0 Å². The zero-order chi connectivity index (χ0) is 19.2. The highest BCUT2D eigenvalue weighted by Gasteiger charge is 2.78. The van der Waals surface area contributed by atoms with Gasteiger partial charge in [0.1, 0.15) is 5.01 Å². The molecule has 26 heavy (non-hydrogen) atoms. The number of benzene rings is 1. The second kappa shape index (κ2) is 6.38. The second-order valence-corrected chi connectivity index (χ2v) is 7.70. The minimum Gasteiger partial charge on any atom is -0.459 e. The van der Waals surface area contributed by atoms with Crippen LogP contribution in [-0.2, 0) is 10.2 Å². The largest absolute Gasteiger partial charge is 0.459 e. The van der Waals surface area contributed by atoms with Crippen LogP contribution in [0.15, 0.2) is 30.3 Å². The number of alkyl halides is 4. The van der Waals surface area contributed by atoms with Crippen LogP contribution in [-0.4, -0.2) is 40.8 Å². The van der Waals surface area contributed by atoms with Crippen molar-refractivity contribution < 1.29 is 22.7 Å². The standard InChI is InChI=1S/C16H15ClF3N3O2S/c1-14(9-15(18,19)16(14,17)20)12-21-22-13(26-12)25-8-11(24)23(2)10-6-4-3-5-7-10/h3-7H,8-9H2,1-2H3. The van der Waals surface area contributed by atoms with E-state index in [-0.39, 0.29) is 22.7 Å². The lowest BCUT2D eigenvalue weighted by Gasteiger charge is -2.52. The summed E-state index contributed by atoms with van der Waals surface area (Å²) in [5.74, 6) is -3.98. The number of hydrogen-bond donors (Lipinski definition) is 0. The predicted molar refractivity (Wildman–Crippen MR) is 91.9 cm³/mol. The van der Waals surface area contributed by atoms with Crippen LogP contribution < -0.4 is 9.64 Å². The Morgan fingerprint density at radius 3 is 2.54 bits per heavy atom. The van der Waals surface area contributed by atoms with Crippen molar-refractivity contribution in [2.75, 3.05) is 18.6 Å². The molecule has 1 saturated carbocycles. The molecule has 0 N–H and O–H groups in total. The Kier molecular flexibility index (Phi) is 4.64. The summed E-state index contributed by atoms with van der Waals surface area (Å²) >= 11 is 6.20. The van der Waals surface area contributed by atoms with Gasteiger partial charge in [-0.2, -0.15) is 0 Å². The maximum Gasteiger partial charge on any atom is 0.297 e. The second-order valence-electron chi connectivity index (χ2n) is 6.24. The molecule has 0 aliphatic heterocycles. The first-order valence-electron chi connectivity index (χ1n) is 7.62. The number of likely N-dealkylation sites (N-methyl/N-ethyl adjacent to an activating group) is 1. The van der Waals surface area contributed by atoms with Gasteiger partial charge in [-0.1, -0.05) is 41.1 Å². The number of halogens is 4. The number of nitrogens with zero attached hydrogens (tertiary/aromatic N) is 3. The lowest BCUT2D eigenvalue weighted by Crippen LogP contribution is -2.67. The van der Waals surface area contributed by atoms with Crippen molar-refractivity contribution in [3.05, 3.63) is 35.3 Å². The van der Waals surface area contributed by atoms with Crippen molar-refractivity contribution >= 4 is 34.5 Å². The molecule has 1 aliphatic carbocycles. The summed E-state index contributed by atoms with van der Waals surface area (Å²) in [6, 6.07) is 8.94. The van der Waals surface area contributed by atoms with Gasteiger partial charge in [-0.05, 0) is 19.1 Å². The Labute approximate surface area is 156 Å². The minimum absolute atomic E-state index is 0.000196. The lowest BCUT2D eigenvalue weighted by atomic mass is 9.65. The molecule has 2 atom stereocenters. The number of para-hydroxylation sites is 1. The summed E-state index contributed by atoms with van der Waals surface area (Å²) in [6.07, 6.45) is -0.774. The third kappa shape index (κ3) is 2.92. The summed E-state index contributed by atoms with van der Waals surface area (Å²) in [5.41, 5.74) is -0.977. The van der Waals surface area contributed by atoms with Gasteiger partial charge in [-0.25, -0.2) is 13.2 Å². The van der Waals surface area contributed by atoms with Crippen LogP contribution in [0.25, 0.3) is 0 Å². The van der Waals surface area contributed by atoms with Crippen LogP contribution in [0.1, 0.15) is 18.4 Å². The van der Waals surface area contributed by atoms with Gasteiger partial charge >= 0.3 is 0 Å². The molecule has 10 heteroatoms. The SMILES string of the molecule is CN(C(=O)COc1nnc(C2(C)CC(F)(F)C2(F)Cl)s1)c1ccccc1. The van der Waals surface area contributed by atoms with Crippen molar-refractivity contribution in [1.82, 2.24) is 10.2 Å². The zero-order valence-electron chi connectivity index (χ0n) is 13.9. The third-order valence-electron chi connectivity index (χ3n) is 4.44. The van der Waals surface area contributed by atoms with Gasteiger partial charge in [-0.3, -0.25) is 4.79 Å². The average Bonchev–Trinajstić information content (AvgIpc) is 3.08. The molecule has 0 bridgehead atoms. The molecule has 0 radical (unpaired) electrons. The van der Waals surface area contributed by atoms with E-state index in [1.807, 2.05) is 6.07 Å². The fraction of sp³-hybridized carbons (Fsp3) is 0.438. The van der Waals surface area contributed by atoms with Crippen LogP contribution in [0, 0.1) is 0 Å². The van der Waals surface area contributed by atoms with E-state index in [4.69, 9.17) is 16.3 Å². The number of aromatic nitrogens is 2. The molecule has 140 valence electrons. The Morgan fingerprint density at radius 1 is 1.31 bits per heavy atom. The number of carbonyl (C=O) groups excluding carboxylic acids is 1. The molecule has 5 nitrogen and oxygen atoms in total. The van der Waals surface area contributed by atoms with Gasteiger partial charge in [0, 0.05) is 19.2 Å². The van der Waals surface area contributed by atoms with Gasteiger partial charge in [0.2, 0.25) is 0 Å². The average molecular weight is 406 g/mol. The van der Waals surface area contributed by atoms with Crippen molar-refractivity contribution in [1.29, 1.82) is 0 Å². The van der Waals surface area contributed by atoms with E-state index < -0.39 is 22.9 Å². The normalized spacial score (nSPS) is 26.8. The van der Waals surface area contributed by atoms with E-state index in [1.54, 1.807) is 31.3 Å². The highest BCUT2D eigenvalue weighted by molar-refractivity contribution is 7.13. The van der Waals surface area contributed by atoms with Crippen LogP contribution in [0.5, 0.6) is 5.19 Å².